The topological polar surface area (TPSA) is 82.6 Å². The molecule has 1 atom stereocenters. The monoisotopic (exact) mass is 636 g/mol. The molecule has 3 aliphatic rings. The fourth-order valence-corrected chi connectivity index (χ4v) is 7.22. The maximum absolute atomic E-state index is 12.9. The van der Waals surface area contributed by atoms with Crippen molar-refractivity contribution in [3.8, 4) is 0 Å². The van der Waals surface area contributed by atoms with E-state index in [1.807, 2.05) is 12.3 Å². The van der Waals surface area contributed by atoms with Crippen LogP contribution >= 0.6 is 43.5 Å². The number of nitrogens with one attached hydrogen (secondary N) is 1. The molecule has 2 saturated heterocycles. The lowest BCUT2D eigenvalue weighted by atomic mass is 9.76. The van der Waals surface area contributed by atoms with E-state index >= 15 is 0 Å². The van der Waals surface area contributed by atoms with E-state index in [1.165, 1.54) is 16.7 Å². The number of carbonyl (C=O) groups is 3. The van der Waals surface area contributed by atoms with E-state index in [0.29, 0.717) is 43.5 Å². The van der Waals surface area contributed by atoms with Crippen molar-refractivity contribution in [2.24, 2.45) is 5.92 Å². The molecule has 1 N–H and O–H groups in total. The van der Waals surface area contributed by atoms with E-state index in [4.69, 9.17) is 16.6 Å². The van der Waals surface area contributed by atoms with Crippen LogP contribution in [0, 0.1) is 5.92 Å². The first-order chi connectivity index (χ1) is 17.3. The summed E-state index contributed by atoms with van der Waals surface area (Å²) in [5.74, 6) is -0.261. The molecule has 1 unspecified atom stereocenters. The molecule has 10 heteroatoms. The van der Waals surface area contributed by atoms with Crippen molar-refractivity contribution in [2.45, 2.75) is 44.4 Å². The van der Waals surface area contributed by atoms with Crippen LogP contribution in [0.2, 0.25) is 5.02 Å². The van der Waals surface area contributed by atoms with Crippen molar-refractivity contribution in [2.75, 3.05) is 26.2 Å². The Kier molecular flexibility index (Phi) is 7.70. The van der Waals surface area contributed by atoms with Gasteiger partial charge in [0.05, 0.1) is 5.69 Å². The van der Waals surface area contributed by atoms with E-state index in [1.54, 1.807) is 4.90 Å². The number of hydrogen-bond acceptors (Lipinski definition) is 4. The maximum Gasteiger partial charge on any atom is 0.324 e. The molecule has 1 aromatic carbocycles. The Morgan fingerprint density at radius 2 is 1.81 bits per heavy atom. The van der Waals surface area contributed by atoms with Crippen molar-refractivity contribution in [3.05, 3.63) is 60.7 Å². The number of piperidine rings is 1. The van der Waals surface area contributed by atoms with E-state index < -0.39 is 11.9 Å². The average molecular weight is 639 g/mol. The highest BCUT2D eigenvalue weighted by Gasteiger charge is 2.37. The molecule has 0 bridgehead atoms. The van der Waals surface area contributed by atoms with Crippen molar-refractivity contribution < 1.29 is 14.4 Å². The Hall–Kier alpha value is -1.97. The number of rotatable bonds is 3. The van der Waals surface area contributed by atoms with Crippen LogP contribution in [0.4, 0.5) is 4.79 Å². The van der Waals surface area contributed by atoms with Gasteiger partial charge in [-0.05, 0) is 88.8 Å². The fourth-order valence-electron chi connectivity index (χ4n) is 5.72. The zero-order chi connectivity index (χ0) is 25.4. The summed E-state index contributed by atoms with van der Waals surface area (Å²) < 4.78 is 1.96. The zero-order valence-corrected chi connectivity index (χ0v) is 23.7. The average Bonchev–Trinajstić information content (AvgIpc) is 3.01. The largest absolute Gasteiger partial charge is 0.342 e. The van der Waals surface area contributed by atoms with E-state index in [2.05, 4.69) is 49.3 Å². The SMILES string of the molecule is O=C(CC(=O)N1CCCNC1=O)N1CCC(C2c3ncc(Br)cc3CCc3cc(Cl)cc(Br)c32)CC1. The highest BCUT2D eigenvalue weighted by atomic mass is 79.9. The van der Waals surface area contributed by atoms with Crippen LogP contribution in [0.15, 0.2) is 33.3 Å². The molecule has 190 valence electrons. The number of amides is 4. The number of urea groups is 1. The van der Waals surface area contributed by atoms with Gasteiger partial charge in [-0.3, -0.25) is 19.5 Å². The maximum atomic E-state index is 12.9. The van der Waals surface area contributed by atoms with Gasteiger partial charge in [-0.25, -0.2) is 4.79 Å². The molecule has 5 rings (SSSR count). The predicted molar refractivity (Wildman–Crippen MR) is 144 cm³/mol. The Labute approximate surface area is 232 Å². The summed E-state index contributed by atoms with van der Waals surface area (Å²) in [5, 5.41) is 3.38. The quantitative estimate of drug-likeness (QED) is 0.477. The number of hydrogen-bond donors (Lipinski definition) is 1. The number of nitrogens with zero attached hydrogens (tertiary/aromatic N) is 3. The lowest BCUT2D eigenvalue weighted by molar-refractivity contribution is -0.140. The third kappa shape index (κ3) is 5.20. The van der Waals surface area contributed by atoms with Crippen molar-refractivity contribution in [1.82, 2.24) is 20.1 Å². The summed E-state index contributed by atoms with van der Waals surface area (Å²) in [7, 11) is 0. The number of carbonyl (C=O) groups excluding carboxylic acids is 3. The fraction of sp³-hybridized carbons (Fsp3) is 0.462. The molecule has 2 fully saturated rings. The molecular formula is C26H27Br2ClN4O3. The van der Waals surface area contributed by atoms with Gasteiger partial charge in [-0.1, -0.05) is 27.5 Å². The van der Waals surface area contributed by atoms with Crippen molar-refractivity contribution in [3.63, 3.8) is 0 Å². The number of pyridine rings is 1. The number of halogens is 3. The summed E-state index contributed by atoms with van der Waals surface area (Å²) in [6, 6.07) is 5.78. The third-order valence-electron chi connectivity index (χ3n) is 7.46. The van der Waals surface area contributed by atoms with E-state index in [9.17, 15) is 14.4 Å². The Bertz CT molecular complexity index is 1220. The van der Waals surface area contributed by atoms with Gasteiger partial charge in [-0.2, -0.15) is 0 Å². The second-order valence-electron chi connectivity index (χ2n) is 9.66. The summed E-state index contributed by atoms with van der Waals surface area (Å²) >= 11 is 13.8. The van der Waals surface area contributed by atoms with Crippen molar-refractivity contribution >= 4 is 61.3 Å². The molecule has 0 spiro atoms. The molecule has 0 radical (unpaired) electrons. The van der Waals surface area contributed by atoms with Crippen LogP contribution in [0.3, 0.4) is 0 Å². The zero-order valence-electron chi connectivity index (χ0n) is 19.7. The van der Waals surface area contributed by atoms with Gasteiger partial charge in [-0.15, -0.1) is 0 Å². The Balaban J connectivity index is 1.34. The second-order valence-corrected chi connectivity index (χ2v) is 11.9. The normalized spacial score (nSPS) is 20.3. The summed E-state index contributed by atoms with van der Waals surface area (Å²) in [6.45, 7) is 2.08. The number of aryl methyl sites for hydroxylation is 2. The lowest BCUT2D eigenvalue weighted by Crippen LogP contribution is -2.50. The molecular weight excluding hydrogens is 612 g/mol. The summed E-state index contributed by atoms with van der Waals surface area (Å²) in [6.07, 6.45) is 5.68. The van der Waals surface area contributed by atoms with Crippen molar-refractivity contribution in [1.29, 1.82) is 0 Å². The third-order valence-corrected chi connectivity index (χ3v) is 8.77. The Morgan fingerprint density at radius 1 is 1.06 bits per heavy atom. The first-order valence-corrected chi connectivity index (χ1v) is 14.3. The minimum atomic E-state index is -0.429. The number of imide groups is 1. The Morgan fingerprint density at radius 3 is 2.56 bits per heavy atom. The highest BCUT2D eigenvalue weighted by Crippen LogP contribution is 2.46. The number of likely N-dealkylation sites (tertiary alicyclic amines) is 1. The van der Waals surface area contributed by atoms with Crippen LogP contribution < -0.4 is 5.32 Å². The van der Waals surface area contributed by atoms with E-state index in [-0.39, 0.29) is 18.2 Å². The first kappa shape index (κ1) is 25.7. The van der Waals surface area contributed by atoms with E-state index in [0.717, 1.165) is 45.2 Å². The predicted octanol–water partition coefficient (Wildman–Crippen LogP) is 5.06. The molecule has 2 aromatic rings. The molecule has 7 nitrogen and oxygen atoms in total. The molecule has 3 heterocycles. The summed E-state index contributed by atoms with van der Waals surface area (Å²) in [5.41, 5.74) is 4.80. The van der Waals surface area contributed by atoms with Crippen LogP contribution in [0.5, 0.6) is 0 Å². The van der Waals surface area contributed by atoms with Gasteiger partial charge >= 0.3 is 6.03 Å². The number of fused-ring (bicyclic) bond motifs is 2. The molecule has 2 aliphatic heterocycles. The van der Waals surface area contributed by atoms with Gasteiger partial charge in [0.2, 0.25) is 11.8 Å². The standard InChI is InChI=1S/C26H27Br2ClN4O3/c27-18-10-17-3-2-16-11-19(29)12-20(28)23(16)24(25(17)31-14-18)15-4-8-32(9-5-15)21(34)13-22(35)33-7-1-6-30-26(33)36/h10-12,14-15,24H,1-9,13H2,(H,30,36). The molecule has 0 saturated carbocycles. The van der Waals surface area contributed by atoms with Gasteiger partial charge in [0, 0.05) is 52.3 Å². The van der Waals surface area contributed by atoms with Crippen LogP contribution in [0.1, 0.15) is 54.0 Å². The number of aromatic nitrogens is 1. The second kappa shape index (κ2) is 10.8. The van der Waals surface area contributed by atoms with Crippen LogP contribution in [-0.2, 0) is 22.4 Å². The van der Waals surface area contributed by atoms with Crippen LogP contribution in [-0.4, -0.2) is 58.8 Å². The summed E-state index contributed by atoms with van der Waals surface area (Å²) in [4.78, 5) is 45.3. The van der Waals surface area contributed by atoms with Gasteiger partial charge in [0.1, 0.15) is 6.42 Å². The smallest absolute Gasteiger partial charge is 0.324 e. The molecule has 4 amide bonds. The van der Waals surface area contributed by atoms with Gasteiger partial charge < -0.3 is 10.2 Å². The highest BCUT2D eigenvalue weighted by molar-refractivity contribution is 9.10. The molecule has 1 aromatic heterocycles. The first-order valence-electron chi connectivity index (χ1n) is 12.3. The number of benzene rings is 1. The van der Waals surface area contributed by atoms with Crippen LogP contribution in [0.25, 0.3) is 0 Å². The minimum Gasteiger partial charge on any atom is -0.342 e. The molecule has 36 heavy (non-hydrogen) atoms. The minimum absolute atomic E-state index is 0.0909. The molecule has 1 aliphatic carbocycles. The van der Waals surface area contributed by atoms with Gasteiger partial charge in [0.15, 0.2) is 0 Å². The van der Waals surface area contributed by atoms with Gasteiger partial charge in [0.25, 0.3) is 0 Å². The lowest BCUT2D eigenvalue weighted by Gasteiger charge is -2.37.